The van der Waals surface area contributed by atoms with Crippen molar-refractivity contribution in [1.29, 1.82) is 0 Å². The number of rotatable bonds is 4. The maximum atomic E-state index is 2.89. The van der Waals surface area contributed by atoms with Crippen LogP contribution in [-0.4, -0.2) is 12.3 Å². The molecule has 2 aliphatic rings. The van der Waals surface area contributed by atoms with Crippen LogP contribution < -0.4 is 0 Å². The zero-order valence-corrected chi connectivity index (χ0v) is 15.9. The van der Waals surface area contributed by atoms with Crippen LogP contribution in [0.15, 0.2) is 0 Å². The van der Waals surface area contributed by atoms with Crippen molar-refractivity contribution in [2.45, 2.75) is 77.3 Å². The van der Waals surface area contributed by atoms with Gasteiger partial charge in [0.25, 0.3) is 0 Å². The Labute approximate surface area is 128 Å². The molecule has 112 valence electrons. The molecule has 19 heavy (non-hydrogen) atoms. The Morgan fingerprint density at radius 2 is 1.42 bits per heavy atom. The predicted octanol–water partition coefficient (Wildman–Crippen LogP) is 6.70. The molecule has 0 amide bonds. The molecule has 0 aliphatic heterocycles. The second kappa shape index (κ2) is 7.47. The van der Waals surface area contributed by atoms with Crippen molar-refractivity contribution in [3.05, 3.63) is 0 Å². The van der Waals surface area contributed by atoms with Crippen LogP contribution in [0.2, 0.25) is 0 Å². The summed E-state index contributed by atoms with van der Waals surface area (Å²) < 4.78 is 0. The molecule has 2 fully saturated rings. The van der Waals surface area contributed by atoms with E-state index in [2.05, 4.69) is 29.0 Å². The van der Waals surface area contributed by atoms with Crippen LogP contribution in [-0.2, 0) is 0 Å². The van der Waals surface area contributed by atoms with Gasteiger partial charge in [0.05, 0.1) is 0 Å². The molecular weight excluding hydrogens is 286 g/mol. The van der Waals surface area contributed by atoms with Gasteiger partial charge in [-0.1, -0.05) is 41.6 Å². The quantitative estimate of drug-likeness (QED) is 0.520. The molecule has 0 aromatic rings. The first-order valence-corrected chi connectivity index (χ1v) is 12.9. The van der Waals surface area contributed by atoms with Gasteiger partial charge >= 0.3 is 0 Å². The third kappa shape index (κ3) is 4.11. The molecule has 2 aliphatic carbocycles. The molecule has 0 heterocycles. The average molecular weight is 318 g/mol. The van der Waals surface area contributed by atoms with Crippen molar-refractivity contribution in [2.24, 2.45) is 17.3 Å². The summed E-state index contributed by atoms with van der Waals surface area (Å²) in [6, 6.07) is 0. The zero-order chi connectivity index (χ0) is 13.9. The Kier molecular flexibility index (Phi) is 6.51. The van der Waals surface area contributed by atoms with Gasteiger partial charge in [0.1, 0.15) is 0 Å². The summed E-state index contributed by atoms with van der Waals surface area (Å²) in [5.74, 6) is 2.02. The van der Waals surface area contributed by atoms with Crippen molar-refractivity contribution in [1.82, 2.24) is 0 Å². The molecule has 0 N–H and O–H groups in total. The van der Waals surface area contributed by atoms with Gasteiger partial charge in [-0.25, -0.2) is 0 Å². The lowest BCUT2D eigenvalue weighted by atomic mass is 9.61. The van der Waals surface area contributed by atoms with Crippen molar-refractivity contribution in [3.63, 3.8) is 0 Å². The van der Waals surface area contributed by atoms with E-state index >= 15 is 0 Å². The van der Waals surface area contributed by atoms with Gasteiger partial charge in [-0.05, 0) is 75.2 Å². The van der Waals surface area contributed by atoms with Gasteiger partial charge in [-0.15, -0.1) is 11.0 Å². The molecule has 0 nitrogen and oxygen atoms in total. The van der Waals surface area contributed by atoms with Gasteiger partial charge in [-0.3, -0.25) is 0 Å². The number of hydrogen-bond donors (Lipinski definition) is 0. The minimum absolute atomic E-state index is 0.214. The van der Waals surface area contributed by atoms with Crippen LogP contribution in [0.25, 0.3) is 0 Å². The molecule has 3 heteroatoms. The molecule has 0 spiro atoms. The van der Waals surface area contributed by atoms with E-state index in [1.807, 2.05) is 11.0 Å². The maximum Gasteiger partial charge on any atom is -0.0116 e. The lowest BCUT2D eigenvalue weighted by molar-refractivity contribution is 0.0595. The highest BCUT2D eigenvalue weighted by Gasteiger charge is 2.39. The van der Waals surface area contributed by atoms with Crippen LogP contribution >= 0.6 is 26.6 Å². The molecule has 0 aromatic heterocycles. The third-order valence-corrected chi connectivity index (χ3v) is 12.8. The lowest BCUT2D eigenvalue weighted by Crippen LogP contribution is -2.36. The van der Waals surface area contributed by atoms with Gasteiger partial charge in [-0.2, -0.15) is 0 Å². The summed E-state index contributed by atoms with van der Waals surface area (Å²) in [5, 5.41) is 0. The third-order valence-electron chi connectivity index (χ3n) is 6.09. The summed E-state index contributed by atoms with van der Waals surface area (Å²) in [6.07, 6.45) is 13.5. The van der Waals surface area contributed by atoms with Gasteiger partial charge in [0.15, 0.2) is 0 Å². The molecule has 0 saturated heterocycles. The summed E-state index contributed by atoms with van der Waals surface area (Å²) in [6.45, 7) is 7.66. The van der Waals surface area contributed by atoms with Crippen LogP contribution in [0.4, 0.5) is 0 Å². The molecular formula is C16H32P2S. The first-order chi connectivity index (χ1) is 9.05. The van der Waals surface area contributed by atoms with Crippen LogP contribution in [0.5, 0.6) is 0 Å². The van der Waals surface area contributed by atoms with E-state index in [1.165, 1.54) is 57.8 Å². The molecule has 2 rings (SSSR count). The fraction of sp³-hybridized carbons (Fsp3) is 1.00. The summed E-state index contributed by atoms with van der Waals surface area (Å²) >= 11 is 2.05. The normalized spacial score (nSPS) is 32.2. The highest BCUT2D eigenvalue weighted by molar-refractivity contribution is 8.78. The Morgan fingerprint density at radius 1 is 0.895 bits per heavy atom. The van der Waals surface area contributed by atoms with Crippen molar-refractivity contribution >= 4 is 26.6 Å². The SMILES string of the molecule is CP(SP)C1CCC(C(C)(C)C2CCCCC2)CC1. The molecule has 0 aromatic carbocycles. The van der Waals surface area contributed by atoms with E-state index in [4.69, 9.17) is 0 Å². The topological polar surface area (TPSA) is 0 Å². The van der Waals surface area contributed by atoms with Crippen molar-refractivity contribution in [3.8, 4) is 0 Å². The average Bonchev–Trinajstić information content (AvgIpc) is 2.47. The van der Waals surface area contributed by atoms with Crippen LogP contribution in [0.1, 0.15) is 71.6 Å². The monoisotopic (exact) mass is 318 g/mol. The Balaban J connectivity index is 1.88. The summed E-state index contributed by atoms with van der Waals surface area (Å²) in [4.78, 5) is 0. The first kappa shape index (κ1) is 16.6. The van der Waals surface area contributed by atoms with E-state index < -0.39 is 0 Å². The van der Waals surface area contributed by atoms with Crippen molar-refractivity contribution in [2.75, 3.05) is 6.66 Å². The van der Waals surface area contributed by atoms with Gasteiger partial charge < -0.3 is 0 Å². The second-order valence-electron chi connectivity index (χ2n) is 7.31. The standard InChI is InChI=1S/C16H32P2S/c1-16(2,13-7-5-4-6-8-13)14-9-11-15(12-10-14)18(3)19-17/h13-15H,4-12,17H2,1-3H3. The van der Waals surface area contributed by atoms with E-state index in [-0.39, 0.29) is 7.12 Å². The molecule has 0 bridgehead atoms. The van der Waals surface area contributed by atoms with Gasteiger partial charge in [0.2, 0.25) is 0 Å². The Morgan fingerprint density at radius 3 is 1.95 bits per heavy atom. The maximum absolute atomic E-state index is 2.89. The minimum Gasteiger partial charge on any atom is -0.114 e. The fourth-order valence-corrected chi connectivity index (χ4v) is 8.34. The summed E-state index contributed by atoms with van der Waals surface area (Å²) in [5.41, 5.74) is 1.65. The molecule has 2 saturated carbocycles. The largest absolute Gasteiger partial charge is 0.114 e. The molecule has 2 unspecified atom stereocenters. The van der Waals surface area contributed by atoms with E-state index in [1.54, 1.807) is 0 Å². The molecule has 2 atom stereocenters. The van der Waals surface area contributed by atoms with Crippen LogP contribution in [0.3, 0.4) is 0 Å². The zero-order valence-electron chi connectivity index (χ0n) is 13.0. The highest BCUT2D eigenvalue weighted by Crippen LogP contribution is 2.60. The fourth-order valence-electron chi connectivity index (χ4n) is 4.45. The van der Waals surface area contributed by atoms with E-state index in [0.29, 0.717) is 5.41 Å². The predicted molar refractivity (Wildman–Crippen MR) is 96.2 cm³/mol. The van der Waals surface area contributed by atoms with E-state index in [9.17, 15) is 0 Å². The van der Waals surface area contributed by atoms with Crippen molar-refractivity contribution < 1.29 is 0 Å². The first-order valence-electron chi connectivity index (χ1n) is 8.15. The van der Waals surface area contributed by atoms with Crippen LogP contribution in [0, 0.1) is 17.3 Å². The second-order valence-corrected chi connectivity index (χ2v) is 13.6. The molecule has 0 radical (unpaired) electrons. The lowest BCUT2D eigenvalue weighted by Gasteiger charge is -2.46. The van der Waals surface area contributed by atoms with Gasteiger partial charge in [0, 0.05) is 0 Å². The van der Waals surface area contributed by atoms with E-state index in [0.717, 1.165) is 17.5 Å². The minimum atomic E-state index is 0.214. The highest BCUT2D eigenvalue weighted by atomic mass is 33.1. The summed E-state index contributed by atoms with van der Waals surface area (Å²) in [7, 11) is 3.10. The Bertz CT molecular complexity index is 266. The smallest absolute Gasteiger partial charge is 0.0116 e. The Hall–Kier alpha value is 1.21. The number of hydrogen-bond acceptors (Lipinski definition) is 1.